The number of hydrogen-bond acceptors (Lipinski definition) is 6. The summed E-state index contributed by atoms with van der Waals surface area (Å²) < 4.78 is 79.8. The third kappa shape index (κ3) is 4.26. The van der Waals surface area contributed by atoms with Crippen molar-refractivity contribution in [2.75, 3.05) is 19.5 Å². The Morgan fingerprint density at radius 3 is 2.38 bits per heavy atom. The zero-order valence-electron chi connectivity index (χ0n) is 22.0. The van der Waals surface area contributed by atoms with Gasteiger partial charge in [-0.25, -0.2) is 26.3 Å². The van der Waals surface area contributed by atoms with E-state index < -0.39 is 33.3 Å². The molecule has 208 valence electrons. The second-order valence-electron chi connectivity index (χ2n) is 10.2. The van der Waals surface area contributed by atoms with Crippen LogP contribution in [0.25, 0.3) is 33.2 Å². The van der Waals surface area contributed by atoms with Crippen LogP contribution in [0.3, 0.4) is 0 Å². The van der Waals surface area contributed by atoms with Crippen molar-refractivity contribution in [2.24, 2.45) is 13.0 Å². The molecule has 0 unspecified atom stereocenters. The third-order valence-electron chi connectivity index (χ3n) is 7.63. The molecule has 12 heteroatoms. The van der Waals surface area contributed by atoms with Gasteiger partial charge in [-0.2, -0.15) is 0 Å². The van der Waals surface area contributed by atoms with Crippen molar-refractivity contribution in [2.45, 2.75) is 30.7 Å². The average Bonchev–Trinajstić information content (AvgIpc) is 3.41. The van der Waals surface area contributed by atoms with Gasteiger partial charge in [-0.15, -0.1) is 5.10 Å². The molecule has 6 rings (SSSR count). The molecule has 2 aromatic carbocycles. The number of pyridine rings is 1. The first-order valence-electron chi connectivity index (χ1n) is 12.8. The molecular weight excluding hydrogens is 543 g/mol. The first kappa shape index (κ1) is 26.5. The molecule has 0 radical (unpaired) electrons. The Hall–Kier alpha value is -3.77. The van der Waals surface area contributed by atoms with Gasteiger partial charge in [0.25, 0.3) is 0 Å². The molecule has 40 heavy (non-hydrogen) atoms. The van der Waals surface area contributed by atoms with E-state index >= 15 is 8.78 Å². The van der Waals surface area contributed by atoms with Crippen molar-refractivity contribution in [3.8, 4) is 11.3 Å². The number of nitrogens with zero attached hydrogens (tertiary/aromatic N) is 5. The van der Waals surface area contributed by atoms with Crippen molar-refractivity contribution < 1.29 is 26.3 Å². The molecule has 3 aromatic heterocycles. The van der Waals surface area contributed by atoms with Crippen LogP contribution < -0.4 is 0 Å². The molecule has 0 aliphatic carbocycles. The van der Waals surface area contributed by atoms with Gasteiger partial charge in [0.1, 0.15) is 17.5 Å². The molecule has 0 N–H and O–H groups in total. The fraction of sp³-hybridized carbons (Fsp3) is 0.321. The van der Waals surface area contributed by atoms with E-state index in [1.165, 1.54) is 6.07 Å². The summed E-state index contributed by atoms with van der Waals surface area (Å²) in [5.74, 6) is -3.35. The molecule has 0 saturated carbocycles. The first-order chi connectivity index (χ1) is 19.1. The van der Waals surface area contributed by atoms with E-state index in [2.05, 4.69) is 10.3 Å². The second-order valence-corrected chi connectivity index (χ2v) is 12.2. The number of sulfone groups is 1. The molecule has 0 amide bonds. The standard InChI is InChI=1S/C28H26F3N5O3S/c1-15-27(35(2)34-33-15)17-11-22-26(32-14-17)25-21(5-4-6-23(25)40(3,37)38)36(22)28(16-7-9-39-10-8-16)24-19(30)12-18(29)13-20(24)31/h4-6,11-14,16,28H,7-10H2,1-3H3/t28-/m0/s1. The summed E-state index contributed by atoms with van der Waals surface area (Å²) in [5, 5.41) is 8.55. The van der Waals surface area contributed by atoms with Gasteiger partial charge < -0.3 is 9.30 Å². The third-order valence-corrected chi connectivity index (χ3v) is 8.77. The number of rotatable bonds is 5. The number of halogens is 3. The number of aromatic nitrogens is 5. The summed E-state index contributed by atoms with van der Waals surface area (Å²) >= 11 is 0. The largest absolute Gasteiger partial charge is 0.381 e. The van der Waals surface area contributed by atoms with Gasteiger partial charge in [0.2, 0.25) is 0 Å². The fourth-order valence-electron chi connectivity index (χ4n) is 5.95. The maximum atomic E-state index is 15.5. The monoisotopic (exact) mass is 569 g/mol. The lowest BCUT2D eigenvalue weighted by Gasteiger charge is -2.33. The fourth-order valence-corrected chi connectivity index (χ4v) is 6.85. The van der Waals surface area contributed by atoms with Crippen LogP contribution in [0.5, 0.6) is 0 Å². The van der Waals surface area contributed by atoms with E-state index in [0.717, 1.165) is 6.26 Å². The van der Waals surface area contributed by atoms with Gasteiger partial charge in [0, 0.05) is 61.4 Å². The molecule has 1 aliphatic rings. The Morgan fingerprint density at radius 1 is 1.05 bits per heavy atom. The van der Waals surface area contributed by atoms with Gasteiger partial charge in [-0.1, -0.05) is 11.3 Å². The highest BCUT2D eigenvalue weighted by atomic mass is 32.2. The highest BCUT2D eigenvalue weighted by Gasteiger charge is 2.35. The minimum absolute atomic E-state index is 0.0539. The number of fused-ring (bicyclic) bond motifs is 3. The molecule has 1 aliphatic heterocycles. The van der Waals surface area contributed by atoms with Crippen LogP contribution in [0.4, 0.5) is 13.2 Å². The normalized spacial score (nSPS) is 15.8. The number of benzene rings is 2. The van der Waals surface area contributed by atoms with Crippen LogP contribution in [-0.2, 0) is 21.6 Å². The first-order valence-corrected chi connectivity index (χ1v) is 14.7. The average molecular weight is 570 g/mol. The van der Waals surface area contributed by atoms with Gasteiger partial charge in [0.15, 0.2) is 9.84 Å². The Labute approximate surface area is 228 Å². The second kappa shape index (κ2) is 9.70. The lowest BCUT2D eigenvalue weighted by molar-refractivity contribution is 0.0543. The van der Waals surface area contributed by atoms with E-state index in [0.29, 0.717) is 77.1 Å². The lowest BCUT2D eigenvalue weighted by atomic mass is 9.86. The lowest BCUT2D eigenvalue weighted by Crippen LogP contribution is -2.28. The van der Waals surface area contributed by atoms with E-state index in [-0.39, 0.29) is 16.4 Å². The van der Waals surface area contributed by atoms with Crippen LogP contribution in [0.15, 0.2) is 47.5 Å². The van der Waals surface area contributed by atoms with E-state index in [1.807, 2.05) is 6.07 Å². The molecule has 1 saturated heterocycles. The minimum atomic E-state index is -3.71. The maximum absolute atomic E-state index is 15.5. The SMILES string of the molecule is Cc1nnn(C)c1-c1cnc2c3c(S(C)(=O)=O)cccc3n([C@H](c3c(F)cc(F)cc3F)C3CCOCC3)c2c1. The van der Waals surface area contributed by atoms with Gasteiger partial charge in [-0.05, 0) is 43.9 Å². The summed E-state index contributed by atoms with van der Waals surface area (Å²) in [6, 6.07) is 7.03. The van der Waals surface area contributed by atoms with Crippen molar-refractivity contribution in [3.05, 3.63) is 71.3 Å². The summed E-state index contributed by atoms with van der Waals surface area (Å²) in [5.41, 5.74) is 2.99. The Kier molecular flexibility index (Phi) is 6.42. The summed E-state index contributed by atoms with van der Waals surface area (Å²) in [6.45, 7) is 2.58. The minimum Gasteiger partial charge on any atom is -0.381 e. The molecule has 4 heterocycles. The van der Waals surface area contributed by atoms with Crippen LogP contribution in [0, 0.1) is 30.3 Å². The van der Waals surface area contributed by atoms with Crippen LogP contribution in [0.2, 0.25) is 0 Å². The zero-order chi connectivity index (χ0) is 28.3. The number of ether oxygens (including phenoxy) is 1. The molecule has 5 aromatic rings. The van der Waals surface area contributed by atoms with E-state index in [1.54, 1.807) is 41.5 Å². The van der Waals surface area contributed by atoms with Crippen molar-refractivity contribution in [1.82, 2.24) is 24.5 Å². The molecule has 0 spiro atoms. The Bertz CT molecular complexity index is 1850. The number of hydrogen-bond donors (Lipinski definition) is 0. The summed E-state index contributed by atoms with van der Waals surface area (Å²) in [4.78, 5) is 4.75. The van der Waals surface area contributed by atoms with E-state index in [4.69, 9.17) is 9.72 Å². The summed E-state index contributed by atoms with van der Waals surface area (Å²) in [6.07, 6.45) is 3.70. The Morgan fingerprint density at radius 2 is 1.75 bits per heavy atom. The maximum Gasteiger partial charge on any atom is 0.176 e. The number of aryl methyl sites for hydroxylation is 2. The molecule has 1 atom stereocenters. The van der Waals surface area contributed by atoms with Crippen LogP contribution in [-0.4, -0.2) is 52.4 Å². The zero-order valence-corrected chi connectivity index (χ0v) is 22.8. The van der Waals surface area contributed by atoms with Gasteiger partial charge in [0.05, 0.1) is 38.9 Å². The van der Waals surface area contributed by atoms with Crippen molar-refractivity contribution in [3.63, 3.8) is 0 Å². The highest BCUT2D eigenvalue weighted by molar-refractivity contribution is 7.91. The van der Waals surface area contributed by atoms with Gasteiger partial charge in [-0.3, -0.25) is 4.98 Å². The molecular formula is C28H26F3N5O3S. The highest BCUT2D eigenvalue weighted by Crippen LogP contribution is 2.44. The topological polar surface area (TPSA) is 91.9 Å². The smallest absolute Gasteiger partial charge is 0.176 e. The van der Waals surface area contributed by atoms with Crippen molar-refractivity contribution in [1.29, 1.82) is 0 Å². The van der Waals surface area contributed by atoms with Crippen molar-refractivity contribution >= 4 is 31.8 Å². The van der Waals surface area contributed by atoms with Crippen LogP contribution >= 0.6 is 0 Å². The molecule has 0 bridgehead atoms. The summed E-state index contributed by atoms with van der Waals surface area (Å²) in [7, 11) is -1.97. The molecule has 1 fully saturated rings. The molecule has 8 nitrogen and oxygen atoms in total. The predicted octanol–water partition coefficient (Wildman–Crippen LogP) is 5.13. The predicted molar refractivity (Wildman–Crippen MR) is 143 cm³/mol. The Balaban J connectivity index is 1.77. The van der Waals surface area contributed by atoms with Crippen LogP contribution in [0.1, 0.15) is 30.1 Å². The van der Waals surface area contributed by atoms with Gasteiger partial charge >= 0.3 is 0 Å². The van der Waals surface area contributed by atoms with E-state index in [9.17, 15) is 12.8 Å². The quantitative estimate of drug-likeness (QED) is 0.292.